The summed E-state index contributed by atoms with van der Waals surface area (Å²) in [6.07, 6.45) is -3.67. The minimum Gasteiger partial charge on any atom is -0.350 e. The van der Waals surface area contributed by atoms with E-state index in [9.17, 15) is 22.4 Å². The van der Waals surface area contributed by atoms with Crippen molar-refractivity contribution in [2.24, 2.45) is 0 Å². The molecule has 9 heteroatoms. The number of carbonyl (C=O) groups excluding carboxylic acids is 1. The van der Waals surface area contributed by atoms with Gasteiger partial charge in [0.05, 0.1) is 11.9 Å². The lowest BCUT2D eigenvalue weighted by Crippen LogP contribution is -2.30. The molecular weight excluding hydrogens is 352 g/mol. The number of amides is 1. The van der Waals surface area contributed by atoms with Crippen molar-refractivity contribution >= 4 is 11.6 Å². The van der Waals surface area contributed by atoms with Crippen molar-refractivity contribution in [1.82, 2.24) is 19.9 Å². The van der Waals surface area contributed by atoms with Crippen LogP contribution in [0.1, 0.15) is 29.9 Å². The Kier molecular flexibility index (Phi) is 4.39. The Morgan fingerprint density at radius 2 is 1.85 bits per heavy atom. The second-order valence-electron chi connectivity index (χ2n) is 5.95. The summed E-state index contributed by atoms with van der Waals surface area (Å²) in [5.41, 5.74) is -1.13. The summed E-state index contributed by atoms with van der Waals surface area (Å²) < 4.78 is 54.0. The van der Waals surface area contributed by atoms with Gasteiger partial charge in [-0.3, -0.25) is 4.79 Å². The van der Waals surface area contributed by atoms with E-state index in [1.165, 1.54) is 12.1 Å². The Balaban J connectivity index is 2.24. The van der Waals surface area contributed by atoms with Crippen LogP contribution in [0.5, 0.6) is 0 Å². The molecule has 2 heterocycles. The SMILES string of the molecule is CC(C)NC(=O)c1cnn2c(C(F)(F)F)cc(-c3ccc(F)cc3)nc12. The third-order valence-corrected chi connectivity index (χ3v) is 3.57. The minimum atomic E-state index is -4.71. The number of rotatable bonds is 3. The molecule has 0 aliphatic heterocycles. The second-order valence-corrected chi connectivity index (χ2v) is 5.95. The molecule has 3 aromatic rings. The van der Waals surface area contributed by atoms with Gasteiger partial charge in [0.1, 0.15) is 11.4 Å². The zero-order chi connectivity index (χ0) is 19.1. The first kappa shape index (κ1) is 17.8. The summed E-state index contributed by atoms with van der Waals surface area (Å²) in [6, 6.07) is 5.49. The van der Waals surface area contributed by atoms with Crippen LogP contribution < -0.4 is 5.32 Å². The fourth-order valence-corrected chi connectivity index (χ4v) is 2.43. The molecule has 0 atom stereocenters. The summed E-state index contributed by atoms with van der Waals surface area (Å²) in [5, 5.41) is 6.27. The smallest absolute Gasteiger partial charge is 0.350 e. The van der Waals surface area contributed by atoms with Gasteiger partial charge in [-0.25, -0.2) is 13.9 Å². The molecular formula is C17H14F4N4O. The zero-order valence-corrected chi connectivity index (χ0v) is 13.8. The number of alkyl halides is 3. The number of aromatic nitrogens is 3. The molecule has 0 aliphatic carbocycles. The number of nitrogens with one attached hydrogen (secondary N) is 1. The Hall–Kier alpha value is -2.97. The van der Waals surface area contributed by atoms with Crippen molar-refractivity contribution in [2.45, 2.75) is 26.1 Å². The first-order valence-electron chi connectivity index (χ1n) is 7.69. The summed E-state index contributed by atoms with van der Waals surface area (Å²) in [4.78, 5) is 16.4. The van der Waals surface area contributed by atoms with Crippen molar-refractivity contribution in [2.75, 3.05) is 0 Å². The Bertz CT molecular complexity index is 961. The molecule has 0 saturated carbocycles. The van der Waals surface area contributed by atoms with Crippen molar-refractivity contribution in [1.29, 1.82) is 0 Å². The normalized spacial score (nSPS) is 12.0. The highest BCUT2D eigenvalue weighted by Crippen LogP contribution is 2.32. The molecule has 0 fully saturated rings. The van der Waals surface area contributed by atoms with Gasteiger partial charge in [0, 0.05) is 11.6 Å². The van der Waals surface area contributed by atoms with Crippen LogP contribution in [-0.4, -0.2) is 26.5 Å². The molecule has 0 saturated heterocycles. The molecule has 3 rings (SSSR count). The second kappa shape index (κ2) is 6.40. The van der Waals surface area contributed by atoms with E-state index < -0.39 is 23.6 Å². The van der Waals surface area contributed by atoms with E-state index >= 15 is 0 Å². The minimum absolute atomic E-state index is 0.0380. The lowest BCUT2D eigenvalue weighted by atomic mass is 10.1. The molecule has 2 aromatic heterocycles. The standard InChI is InChI=1S/C17H14F4N4O/c1-9(2)23-16(26)12-8-22-25-14(17(19,20)21)7-13(24-15(12)25)10-3-5-11(18)6-4-10/h3-9H,1-2H3,(H,23,26). The molecule has 0 aliphatic rings. The molecule has 1 amide bonds. The molecule has 0 spiro atoms. The highest BCUT2D eigenvalue weighted by atomic mass is 19.4. The fraction of sp³-hybridized carbons (Fsp3) is 0.235. The Morgan fingerprint density at radius 3 is 2.42 bits per heavy atom. The summed E-state index contributed by atoms with van der Waals surface area (Å²) in [6.45, 7) is 3.45. The van der Waals surface area contributed by atoms with Gasteiger partial charge >= 0.3 is 6.18 Å². The van der Waals surface area contributed by atoms with Crippen LogP contribution in [0.15, 0.2) is 36.5 Å². The predicted octanol–water partition coefficient (Wildman–Crippen LogP) is 3.69. The Labute approximate surface area is 145 Å². The Morgan fingerprint density at radius 1 is 1.19 bits per heavy atom. The van der Waals surface area contributed by atoms with Gasteiger partial charge in [0.2, 0.25) is 0 Å². The van der Waals surface area contributed by atoms with E-state index in [0.29, 0.717) is 4.52 Å². The van der Waals surface area contributed by atoms with Gasteiger partial charge in [-0.2, -0.15) is 18.3 Å². The number of hydrogen-bond donors (Lipinski definition) is 1. The van der Waals surface area contributed by atoms with Crippen molar-refractivity contribution in [3.8, 4) is 11.3 Å². The number of carbonyl (C=O) groups is 1. The van der Waals surface area contributed by atoms with Gasteiger partial charge in [-0.15, -0.1) is 0 Å². The molecule has 0 unspecified atom stereocenters. The summed E-state index contributed by atoms with van der Waals surface area (Å²) >= 11 is 0. The average molecular weight is 366 g/mol. The van der Waals surface area contributed by atoms with Gasteiger partial charge in [-0.1, -0.05) is 0 Å². The number of fused-ring (bicyclic) bond motifs is 1. The first-order valence-corrected chi connectivity index (χ1v) is 7.69. The maximum absolute atomic E-state index is 13.4. The number of benzene rings is 1. The van der Waals surface area contributed by atoms with Crippen LogP contribution in [0.2, 0.25) is 0 Å². The largest absolute Gasteiger partial charge is 0.433 e. The quantitative estimate of drug-likeness (QED) is 0.719. The highest BCUT2D eigenvalue weighted by molar-refractivity contribution is 6.00. The molecule has 136 valence electrons. The number of nitrogens with zero attached hydrogens (tertiary/aromatic N) is 3. The zero-order valence-electron chi connectivity index (χ0n) is 13.8. The summed E-state index contributed by atoms with van der Waals surface area (Å²) in [7, 11) is 0. The fourth-order valence-electron chi connectivity index (χ4n) is 2.43. The van der Waals surface area contributed by atoms with Crippen molar-refractivity contribution in [3.05, 3.63) is 53.6 Å². The van der Waals surface area contributed by atoms with Crippen LogP contribution >= 0.6 is 0 Å². The van der Waals surface area contributed by atoms with Gasteiger partial charge in [-0.05, 0) is 44.2 Å². The molecule has 26 heavy (non-hydrogen) atoms. The van der Waals surface area contributed by atoms with E-state index in [1.807, 2.05) is 0 Å². The molecule has 1 N–H and O–H groups in total. The van der Waals surface area contributed by atoms with E-state index in [-0.39, 0.29) is 28.5 Å². The van der Waals surface area contributed by atoms with Crippen LogP contribution in [0.25, 0.3) is 16.9 Å². The van der Waals surface area contributed by atoms with E-state index in [0.717, 1.165) is 24.4 Å². The van der Waals surface area contributed by atoms with Crippen molar-refractivity contribution in [3.63, 3.8) is 0 Å². The number of halogens is 4. The van der Waals surface area contributed by atoms with Crippen LogP contribution in [-0.2, 0) is 6.18 Å². The lowest BCUT2D eigenvalue weighted by Gasteiger charge is -2.12. The maximum atomic E-state index is 13.4. The van der Waals surface area contributed by atoms with Crippen LogP contribution in [0, 0.1) is 5.82 Å². The predicted molar refractivity (Wildman–Crippen MR) is 86.0 cm³/mol. The monoisotopic (exact) mass is 366 g/mol. The van der Waals surface area contributed by atoms with Gasteiger partial charge in [0.15, 0.2) is 11.3 Å². The molecule has 5 nitrogen and oxygen atoms in total. The maximum Gasteiger partial charge on any atom is 0.433 e. The van der Waals surface area contributed by atoms with Crippen LogP contribution in [0.4, 0.5) is 17.6 Å². The highest BCUT2D eigenvalue weighted by Gasteiger charge is 2.36. The first-order chi connectivity index (χ1) is 12.2. The summed E-state index contributed by atoms with van der Waals surface area (Å²) in [5.74, 6) is -1.10. The number of hydrogen-bond acceptors (Lipinski definition) is 3. The third-order valence-electron chi connectivity index (χ3n) is 3.57. The lowest BCUT2D eigenvalue weighted by molar-refractivity contribution is -0.142. The van der Waals surface area contributed by atoms with Gasteiger partial charge < -0.3 is 5.32 Å². The van der Waals surface area contributed by atoms with Gasteiger partial charge in [0.25, 0.3) is 5.91 Å². The molecule has 0 bridgehead atoms. The molecule has 0 radical (unpaired) electrons. The van der Waals surface area contributed by atoms with Crippen LogP contribution in [0.3, 0.4) is 0 Å². The van der Waals surface area contributed by atoms with E-state index in [4.69, 9.17) is 0 Å². The topological polar surface area (TPSA) is 59.3 Å². The third kappa shape index (κ3) is 3.37. The van der Waals surface area contributed by atoms with E-state index in [2.05, 4.69) is 15.4 Å². The van der Waals surface area contributed by atoms with E-state index in [1.54, 1.807) is 13.8 Å². The van der Waals surface area contributed by atoms with Crippen molar-refractivity contribution < 1.29 is 22.4 Å². The average Bonchev–Trinajstić information content (AvgIpc) is 2.97. The molecule has 1 aromatic carbocycles.